The van der Waals surface area contributed by atoms with E-state index in [-0.39, 0.29) is 12.0 Å². The van der Waals surface area contributed by atoms with Gasteiger partial charge >= 0.3 is 0 Å². The van der Waals surface area contributed by atoms with Gasteiger partial charge in [-0.05, 0) is 51.8 Å². The fourth-order valence-corrected chi connectivity index (χ4v) is 2.64. The van der Waals surface area contributed by atoms with Gasteiger partial charge in [-0.15, -0.1) is 0 Å². The third kappa shape index (κ3) is 4.25. The molecule has 0 spiro atoms. The lowest BCUT2D eigenvalue weighted by atomic mass is 10.1. The Kier molecular flexibility index (Phi) is 5.70. The number of rotatable bonds is 5. The molecule has 1 aromatic heterocycles. The second-order valence-corrected chi connectivity index (χ2v) is 5.59. The third-order valence-electron chi connectivity index (χ3n) is 3.89. The number of hydrogen-bond donors (Lipinski definition) is 1. The maximum Gasteiger partial charge on any atom is 0.255 e. The van der Waals surface area contributed by atoms with Crippen molar-refractivity contribution in [2.24, 2.45) is 5.73 Å². The van der Waals surface area contributed by atoms with E-state index in [1.54, 1.807) is 0 Å². The smallest absolute Gasteiger partial charge is 0.255 e. The molecule has 0 bridgehead atoms. The third-order valence-corrected chi connectivity index (χ3v) is 3.89. The Morgan fingerprint density at radius 3 is 2.71 bits per heavy atom. The summed E-state index contributed by atoms with van der Waals surface area (Å²) < 4.78 is 5.77. The average molecular weight is 291 g/mol. The van der Waals surface area contributed by atoms with Crippen LogP contribution in [0.5, 0.6) is 0 Å². The second-order valence-electron chi connectivity index (χ2n) is 5.59. The highest BCUT2D eigenvalue weighted by Gasteiger charge is 2.25. The summed E-state index contributed by atoms with van der Waals surface area (Å²) in [5.74, 6) is 0.0837. The van der Waals surface area contributed by atoms with Crippen molar-refractivity contribution in [2.75, 3.05) is 26.2 Å². The normalized spacial score (nSPS) is 16.2. The number of likely N-dealkylation sites (tertiary alicyclic amines) is 1. The quantitative estimate of drug-likeness (QED) is 0.838. The Balaban J connectivity index is 1.88. The van der Waals surface area contributed by atoms with E-state index >= 15 is 0 Å². The minimum Gasteiger partial charge on any atom is -0.378 e. The van der Waals surface area contributed by atoms with E-state index in [1.807, 2.05) is 30.9 Å². The highest BCUT2D eigenvalue weighted by Crippen LogP contribution is 2.18. The molecule has 0 radical (unpaired) electrons. The van der Waals surface area contributed by atoms with Crippen LogP contribution in [-0.2, 0) is 4.74 Å². The highest BCUT2D eigenvalue weighted by atomic mass is 16.5. The summed E-state index contributed by atoms with van der Waals surface area (Å²) in [6.07, 6.45) is 2.95. The number of pyridine rings is 1. The predicted octanol–water partition coefficient (Wildman–Crippen LogP) is 1.67. The van der Waals surface area contributed by atoms with Crippen LogP contribution in [0.15, 0.2) is 12.1 Å². The van der Waals surface area contributed by atoms with Crippen LogP contribution in [-0.4, -0.2) is 48.1 Å². The van der Waals surface area contributed by atoms with Crippen LogP contribution in [0.3, 0.4) is 0 Å². The van der Waals surface area contributed by atoms with Gasteiger partial charge in [-0.1, -0.05) is 0 Å². The average Bonchev–Trinajstić information content (AvgIpc) is 2.48. The van der Waals surface area contributed by atoms with E-state index in [9.17, 15) is 4.79 Å². The topological polar surface area (TPSA) is 68.5 Å². The predicted molar refractivity (Wildman–Crippen MR) is 82.3 cm³/mol. The maximum atomic E-state index is 12.5. The molecule has 0 aromatic carbocycles. The summed E-state index contributed by atoms with van der Waals surface area (Å²) in [6.45, 7) is 6.71. The van der Waals surface area contributed by atoms with Gasteiger partial charge in [-0.3, -0.25) is 9.78 Å². The van der Waals surface area contributed by atoms with E-state index in [0.29, 0.717) is 12.1 Å². The first-order chi connectivity index (χ1) is 10.1. The van der Waals surface area contributed by atoms with E-state index in [2.05, 4.69) is 4.98 Å². The van der Waals surface area contributed by atoms with Crippen LogP contribution >= 0.6 is 0 Å². The molecule has 2 N–H and O–H groups in total. The summed E-state index contributed by atoms with van der Waals surface area (Å²) in [5.41, 5.74) is 7.92. The summed E-state index contributed by atoms with van der Waals surface area (Å²) >= 11 is 0. The molecule has 0 saturated carbocycles. The SMILES string of the molecule is Cc1ccc(C(=O)N2CCC(OCCCN)CC2)c(C)n1. The van der Waals surface area contributed by atoms with Crippen LogP contribution < -0.4 is 5.73 Å². The van der Waals surface area contributed by atoms with E-state index in [4.69, 9.17) is 10.5 Å². The summed E-state index contributed by atoms with van der Waals surface area (Å²) in [5, 5.41) is 0. The number of carbonyl (C=O) groups is 1. The Bertz CT molecular complexity index is 482. The lowest BCUT2D eigenvalue weighted by molar-refractivity contribution is 0.00842. The van der Waals surface area contributed by atoms with Crippen molar-refractivity contribution in [3.8, 4) is 0 Å². The molecule has 1 amide bonds. The van der Waals surface area contributed by atoms with Crippen LogP contribution in [0.2, 0.25) is 0 Å². The number of ether oxygens (including phenoxy) is 1. The van der Waals surface area contributed by atoms with Crippen molar-refractivity contribution < 1.29 is 9.53 Å². The monoisotopic (exact) mass is 291 g/mol. The fraction of sp³-hybridized carbons (Fsp3) is 0.625. The van der Waals surface area contributed by atoms with Crippen LogP contribution in [0.25, 0.3) is 0 Å². The molecule has 5 heteroatoms. The highest BCUT2D eigenvalue weighted by molar-refractivity contribution is 5.95. The van der Waals surface area contributed by atoms with Gasteiger partial charge in [0.2, 0.25) is 0 Å². The molecule has 116 valence electrons. The van der Waals surface area contributed by atoms with Crippen LogP contribution in [0.1, 0.15) is 41.0 Å². The molecule has 1 aromatic rings. The van der Waals surface area contributed by atoms with Crippen molar-refractivity contribution in [1.29, 1.82) is 0 Å². The first-order valence-corrected chi connectivity index (χ1v) is 7.67. The summed E-state index contributed by atoms with van der Waals surface area (Å²) in [7, 11) is 0. The lowest BCUT2D eigenvalue weighted by Gasteiger charge is -2.32. The number of nitrogens with zero attached hydrogens (tertiary/aromatic N) is 2. The van der Waals surface area contributed by atoms with Gasteiger partial charge in [-0.25, -0.2) is 0 Å². The first kappa shape index (κ1) is 15.9. The van der Waals surface area contributed by atoms with E-state index in [1.165, 1.54) is 0 Å². The first-order valence-electron chi connectivity index (χ1n) is 7.67. The molecule has 2 rings (SSSR count). The molecule has 0 atom stereocenters. The van der Waals surface area contributed by atoms with Crippen molar-refractivity contribution in [1.82, 2.24) is 9.88 Å². The zero-order valence-electron chi connectivity index (χ0n) is 13.0. The minimum atomic E-state index is 0.0837. The Labute approximate surface area is 126 Å². The molecule has 1 saturated heterocycles. The number of nitrogens with two attached hydrogens (primary N) is 1. The number of hydrogen-bond acceptors (Lipinski definition) is 4. The maximum absolute atomic E-state index is 12.5. The molecule has 1 fully saturated rings. The Morgan fingerprint density at radius 1 is 1.38 bits per heavy atom. The van der Waals surface area contributed by atoms with Crippen molar-refractivity contribution in [3.05, 3.63) is 29.1 Å². The Hall–Kier alpha value is -1.46. The zero-order chi connectivity index (χ0) is 15.2. The molecule has 1 aliphatic rings. The zero-order valence-corrected chi connectivity index (χ0v) is 13.0. The summed E-state index contributed by atoms with van der Waals surface area (Å²) in [6, 6.07) is 3.77. The van der Waals surface area contributed by atoms with Crippen molar-refractivity contribution >= 4 is 5.91 Å². The van der Waals surface area contributed by atoms with Gasteiger partial charge in [0.1, 0.15) is 0 Å². The van der Waals surface area contributed by atoms with Gasteiger partial charge in [0.05, 0.1) is 17.4 Å². The molecular weight excluding hydrogens is 266 g/mol. The number of piperidine rings is 1. The molecule has 21 heavy (non-hydrogen) atoms. The minimum absolute atomic E-state index is 0.0837. The summed E-state index contributed by atoms with van der Waals surface area (Å²) in [4.78, 5) is 18.8. The van der Waals surface area contributed by atoms with Gasteiger partial charge in [-0.2, -0.15) is 0 Å². The van der Waals surface area contributed by atoms with Gasteiger partial charge < -0.3 is 15.4 Å². The largest absolute Gasteiger partial charge is 0.378 e. The molecule has 2 heterocycles. The van der Waals surface area contributed by atoms with E-state index in [0.717, 1.165) is 50.3 Å². The van der Waals surface area contributed by atoms with E-state index < -0.39 is 0 Å². The van der Waals surface area contributed by atoms with Crippen molar-refractivity contribution in [2.45, 2.75) is 39.2 Å². The van der Waals surface area contributed by atoms with Crippen LogP contribution in [0, 0.1) is 13.8 Å². The number of amides is 1. The molecule has 0 unspecified atom stereocenters. The van der Waals surface area contributed by atoms with Crippen molar-refractivity contribution in [3.63, 3.8) is 0 Å². The lowest BCUT2D eigenvalue weighted by Crippen LogP contribution is -2.41. The van der Waals surface area contributed by atoms with Gasteiger partial charge in [0.25, 0.3) is 5.91 Å². The molecule has 5 nitrogen and oxygen atoms in total. The number of carbonyl (C=O) groups excluding carboxylic acids is 1. The van der Waals surface area contributed by atoms with Gasteiger partial charge in [0, 0.05) is 25.4 Å². The van der Waals surface area contributed by atoms with Crippen LogP contribution in [0.4, 0.5) is 0 Å². The molecule has 1 aliphatic heterocycles. The Morgan fingerprint density at radius 2 is 2.10 bits per heavy atom. The molecule has 0 aliphatic carbocycles. The van der Waals surface area contributed by atoms with Gasteiger partial charge in [0.15, 0.2) is 0 Å². The second kappa shape index (κ2) is 7.52. The standard InChI is InChI=1S/C16H25N3O2/c1-12-4-5-15(13(2)18-12)16(20)19-9-6-14(7-10-19)21-11-3-8-17/h4-5,14H,3,6-11,17H2,1-2H3. The number of aromatic nitrogens is 1. The fourth-order valence-electron chi connectivity index (χ4n) is 2.64. The molecular formula is C16H25N3O2. The number of aryl methyl sites for hydroxylation is 2.